The molecule has 0 aliphatic heterocycles. The van der Waals surface area contributed by atoms with E-state index in [1.165, 1.54) is 12.0 Å². The average molecular weight is 177 g/mol. The van der Waals surface area contributed by atoms with E-state index in [4.69, 9.17) is 0 Å². The van der Waals surface area contributed by atoms with Gasteiger partial charge in [-0.3, -0.25) is 0 Å². The molecule has 0 saturated heterocycles. The minimum atomic E-state index is 0.618. The Kier molecular flexibility index (Phi) is 4.55. The van der Waals surface area contributed by atoms with Crippen LogP contribution < -0.4 is 5.32 Å². The van der Waals surface area contributed by atoms with E-state index in [9.17, 15) is 0 Å². The van der Waals surface area contributed by atoms with E-state index in [0.717, 1.165) is 13.1 Å². The maximum atomic E-state index is 3.43. The average Bonchev–Trinajstić information content (AvgIpc) is 2.19. The van der Waals surface area contributed by atoms with Gasteiger partial charge in [0.15, 0.2) is 0 Å². The zero-order valence-corrected chi connectivity index (χ0v) is 8.59. The summed E-state index contributed by atoms with van der Waals surface area (Å²) in [5.41, 5.74) is 1.42. The molecule has 0 bridgehead atoms. The van der Waals surface area contributed by atoms with E-state index in [-0.39, 0.29) is 0 Å². The molecule has 13 heavy (non-hydrogen) atoms. The van der Waals surface area contributed by atoms with Crippen LogP contribution >= 0.6 is 0 Å². The van der Waals surface area contributed by atoms with E-state index in [1.54, 1.807) is 0 Å². The normalized spacial score (nSPS) is 12.8. The minimum absolute atomic E-state index is 0.618. The molecule has 0 radical (unpaired) electrons. The van der Waals surface area contributed by atoms with Gasteiger partial charge in [0, 0.05) is 6.54 Å². The quantitative estimate of drug-likeness (QED) is 0.682. The van der Waals surface area contributed by atoms with E-state index >= 15 is 0 Å². The summed E-state index contributed by atoms with van der Waals surface area (Å²) in [6, 6.07) is 10.7. The molecule has 0 fully saturated rings. The SMILES string of the molecule is CCCNC[C@H](C)c1ccccc1. The maximum Gasteiger partial charge on any atom is 0.00174 e. The Morgan fingerprint density at radius 1 is 1.23 bits per heavy atom. The largest absolute Gasteiger partial charge is 0.316 e. The van der Waals surface area contributed by atoms with Crippen molar-refractivity contribution in [1.29, 1.82) is 0 Å². The molecular weight excluding hydrogens is 158 g/mol. The van der Waals surface area contributed by atoms with Crippen LogP contribution in [0.15, 0.2) is 30.3 Å². The van der Waals surface area contributed by atoms with E-state index in [1.807, 2.05) is 0 Å². The zero-order chi connectivity index (χ0) is 9.52. The molecule has 1 nitrogen and oxygen atoms in total. The summed E-state index contributed by atoms with van der Waals surface area (Å²) in [4.78, 5) is 0. The van der Waals surface area contributed by atoms with Crippen molar-refractivity contribution in [3.63, 3.8) is 0 Å². The van der Waals surface area contributed by atoms with Gasteiger partial charge in [0.25, 0.3) is 0 Å². The highest BCUT2D eigenvalue weighted by molar-refractivity contribution is 5.18. The highest BCUT2D eigenvalue weighted by Crippen LogP contribution is 2.12. The second-order valence-corrected chi connectivity index (χ2v) is 3.52. The van der Waals surface area contributed by atoms with Gasteiger partial charge in [0.05, 0.1) is 0 Å². The van der Waals surface area contributed by atoms with Gasteiger partial charge in [-0.15, -0.1) is 0 Å². The highest BCUT2D eigenvalue weighted by atomic mass is 14.8. The molecule has 1 aromatic rings. The molecule has 1 aromatic carbocycles. The Balaban J connectivity index is 2.35. The van der Waals surface area contributed by atoms with Crippen molar-refractivity contribution in [2.45, 2.75) is 26.2 Å². The number of nitrogens with one attached hydrogen (secondary N) is 1. The topological polar surface area (TPSA) is 12.0 Å². The summed E-state index contributed by atoms with van der Waals surface area (Å²) in [6.07, 6.45) is 1.21. The Morgan fingerprint density at radius 2 is 1.92 bits per heavy atom. The van der Waals surface area contributed by atoms with Crippen molar-refractivity contribution in [2.75, 3.05) is 13.1 Å². The van der Waals surface area contributed by atoms with E-state index in [2.05, 4.69) is 49.5 Å². The lowest BCUT2D eigenvalue weighted by Crippen LogP contribution is -2.20. The fourth-order valence-electron chi connectivity index (χ4n) is 1.39. The Hall–Kier alpha value is -0.820. The fraction of sp³-hybridized carbons (Fsp3) is 0.500. The van der Waals surface area contributed by atoms with Gasteiger partial charge in [0.1, 0.15) is 0 Å². The van der Waals surface area contributed by atoms with Crippen molar-refractivity contribution in [3.05, 3.63) is 35.9 Å². The lowest BCUT2D eigenvalue weighted by atomic mass is 10.0. The molecule has 1 atom stereocenters. The third-order valence-electron chi connectivity index (χ3n) is 2.25. The van der Waals surface area contributed by atoms with Crippen LogP contribution in [0.2, 0.25) is 0 Å². The Morgan fingerprint density at radius 3 is 2.54 bits per heavy atom. The molecule has 1 heteroatoms. The van der Waals surface area contributed by atoms with Crippen LogP contribution in [0.5, 0.6) is 0 Å². The Bertz CT molecular complexity index is 218. The summed E-state index contributed by atoms with van der Waals surface area (Å²) in [6.45, 7) is 6.66. The molecule has 0 spiro atoms. The molecular formula is C12H19N. The van der Waals surface area contributed by atoms with Crippen molar-refractivity contribution < 1.29 is 0 Å². The zero-order valence-electron chi connectivity index (χ0n) is 8.59. The van der Waals surface area contributed by atoms with Gasteiger partial charge in [-0.1, -0.05) is 44.2 Å². The lowest BCUT2D eigenvalue weighted by molar-refractivity contribution is 0.609. The highest BCUT2D eigenvalue weighted by Gasteiger charge is 2.02. The van der Waals surface area contributed by atoms with Crippen molar-refractivity contribution in [2.24, 2.45) is 0 Å². The monoisotopic (exact) mass is 177 g/mol. The van der Waals surface area contributed by atoms with Crippen LogP contribution in [0, 0.1) is 0 Å². The number of rotatable bonds is 5. The van der Waals surface area contributed by atoms with Crippen LogP contribution in [0.1, 0.15) is 31.7 Å². The standard InChI is InChI=1S/C12H19N/c1-3-9-13-10-11(2)12-7-5-4-6-8-12/h4-8,11,13H,3,9-10H2,1-2H3/t11-/m0/s1. The van der Waals surface area contributed by atoms with Crippen LogP contribution in [0.25, 0.3) is 0 Å². The summed E-state index contributed by atoms with van der Waals surface area (Å²) < 4.78 is 0. The summed E-state index contributed by atoms with van der Waals surface area (Å²) in [5, 5.41) is 3.43. The van der Waals surface area contributed by atoms with Gasteiger partial charge in [-0.05, 0) is 24.4 Å². The van der Waals surface area contributed by atoms with Gasteiger partial charge in [-0.2, -0.15) is 0 Å². The molecule has 1 N–H and O–H groups in total. The first-order valence-electron chi connectivity index (χ1n) is 5.10. The molecule has 1 rings (SSSR count). The van der Waals surface area contributed by atoms with Gasteiger partial charge in [0.2, 0.25) is 0 Å². The molecule has 0 aromatic heterocycles. The summed E-state index contributed by atoms with van der Waals surface area (Å²) in [5.74, 6) is 0.618. The fourth-order valence-corrected chi connectivity index (χ4v) is 1.39. The van der Waals surface area contributed by atoms with Crippen LogP contribution in [-0.4, -0.2) is 13.1 Å². The van der Waals surface area contributed by atoms with Crippen LogP contribution in [0.4, 0.5) is 0 Å². The summed E-state index contributed by atoms with van der Waals surface area (Å²) in [7, 11) is 0. The van der Waals surface area contributed by atoms with Gasteiger partial charge >= 0.3 is 0 Å². The van der Waals surface area contributed by atoms with Crippen molar-refractivity contribution in [1.82, 2.24) is 5.32 Å². The predicted octanol–water partition coefficient (Wildman–Crippen LogP) is 2.79. The molecule has 0 amide bonds. The molecule has 0 aliphatic rings. The molecule has 0 heterocycles. The van der Waals surface area contributed by atoms with Gasteiger partial charge in [-0.25, -0.2) is 0 Å². The first-order valence-corrected chi connectivity index (χ1v) is 5.10. The molecule has 0 aliphatic carbocycles. The third kappa shape index (κ3) is 3.60. The van der Waals surface area contributed by atoms with Crippen molar-refractivity contribution in [3.8, 4) is 0 Å². The van der Waals surface area contributed by atoms with Crippen molar-refractivity contribution >= 4 is 0 Å². The smallest absolute Gasteiger partial charge is 0.00174 e. The second kappa shape index (κ2) is 5.76. The number of hydrogen-bond acceptors (Lipinski definition) is 1. The molecule has 0 unspecified atom stereocenters. The lowest BCUT2D eigenvalue weighted by Gasteiger charge is -2.12. The van der Waals surface area contributed by atoms with E-state index in [0.29, 0.717) is 5.92 Å². The first-order chi connectivity index (χ1) is 6.34. The minimum Gasteiger partial charge on any atom is -0.316 e. The predicted molar refractivity (Wildman–Crippen MR) is 58.0 cm³/mol. The van der Waals surface area contributed by atoms with E-state index < -0.39 is 0 Å². The Labute approximate surface area is 81.2 Å². The number of benzene rings is 1. The molecule has 0 saturated carbocycles. The number of hydrogen-bond donors (Lipinski definition) is 1. The summed E-state index contributed by atoms with van der Waals surface area (Å²) >= 11 is 0. The van der Waals surface area contributed by atoms with Crippen LogP contribution in [0.3, 0.4) is 0 Å². The third-order valence-corrected chi connectivity index (χ3v) is 2.25. The maximum absolute atomic E-state index is 3.43. The van der Waals surface area contributed by atoms with Crippen LogP contribution in [-0.2, 0) is 0 Å². The second-order valence-electron chi connectivity index (χ2n) is 3.52. The van der Waals surface area contributed by atoms with Gasteiger partial charge < -0.3 is 5.32 Å². The first kappa shape index (κ1) is 10.3. The molecule has 72 valence electrons.